The highest BCUT2D eigenvalue weighted by atomic mass is 16.5. The van der Waals surface area contributed by atoms with Gasteiger partial charge in [-0.1, -0.05) is 26.7 Å². The van der Waals surface area contributed by atoms with Gasteiger partial charge < -0.3 is 14.8 Å². The number of likely N-dealkylation sites (N-methyl/N-ethyl adjacent to an activating group) is 1. The van der Waals surface area contributed by atoms with Crippen LogP contribution in [0.5, 0.6) is 0 Å². The van der Waals surface area contributed by atoms with Gasteiger partial charge in [0.2, 0.25) is 0 Å². The zero-order valence-electron chi connectivity index (χ0n) is 10.1. The van der Waals surface area contributed by atoms with Gasteiger partial charge >= 0.3 is 0 Å². The van der Waals surface area contributed by atoms with Crippen molar-refractivity contribution in [2.45, 2.75) is 51.7 Å². The Morgan fingerprint density at radius 2 is 2.20 bits per heavy atom. The standard InChI is InChI=1S/C12H25NO2/c1-3-5-6-8-15-12-10-14-9-7-11(12)13-4-2/h11-13H,3-10H2,1-2H3. The van der Waals surface area contributed by atoms with Crippen molar-refractivity contribution < 1.29 is 9.47 Å². The fraction of sp³-hybridized carbons (Fsp3) is 1.00. The van der Waals surface area contributed by atoms with E-state index in [0.29, 0.717) is 6.04 Å². The summed E-state index contributed by atoms with van der Waals surface area (Å²) in [6.45, 7) is 7.87. The number of hydrogen-bond donors (Lipinski definition) is 1. The molecule has 0 spiro atoms. The third kappa shape index (κ3) is 4.96. The van der Waals surface area contributed by atoms with Gasteiger partial charge in [0.25, 0.3) is 0 Å². The first-order valence-corrected chi connectivity index (χ1v) is 6.31. The van der Waals surface area contributed by atoms with E-state index in [-0.39, 0.29) is 6.10 Å². The topological polar surface area (TPSA) is 30.5 Å². The van der Waals surface area contributed by atoms with E-state index in [4.69, 9.17) is 9.47 Å². The Balaban J connectivity index is 2.17. The maximum absolute atomic E-state index is 5.86. The smallest absolute Gasteiger partial charge is 0.0961 e. The van der Waals surface area contributed by atoms with Crippen LogP contribution in [-0.2, 0) is 9.47 Å². The lowest BCUT2D eigenvalue weighted by Gasteiger charge is -2.32. The summed E-state index contributed by atoms with van der Waals surface area (Å²) in [6.07, 6.45) is 5.02. The van der Waals surface area contributed by atoms with Crippen LogP contribution in [0.1, 0.15) is 39.5 Å². The second-order valence-corrected chi connectivity index (χ2v) is 4.14. The minimum absolute atomic E-state index is 0.260. The Hall–Kier alpha value is -0.120. The van der Waals surface area contributed by atoms with Gasteiger partial charge in [-0.15, -0.1) is 0 Å². The minimum atomic E-state index is 0.260. The van der Waals surface area contributed by atoms with Crippen molar-refractivity contribution in [2.75, 3.05) is 26.4 Å². The molecule has 1 heterocycles. The zero-order chi connectivity index (χ0) is 10.9. The van der Waals surface area contributed by atoms with Crippen LogP contribution < -0.4 is 5.32 Å². The molecule has 1 rings (SSSR count). The van der Waals surface area contributed by atoms with E-state index in [1.165, 1.54) is 19.3 Å². The van der Waals surface area contributed by atoms with E-state index in [1.54, 1.807) is 0 Å². The van der Waals surface area contributed by atoms with E-state index in [9.17, 15) is 0 Å². The molecular weight excluding hydrogens is 190 g/mol. The Kier molecular flexibility index (Phi) is 6.98. The van der Waals surface area contributed by atoms with Gasteiger partial charge in [0.15, 0.2) is 0 Å². The van der Waals surface area contributed by atoms with Crippen molar-refractivity contribution in [1.29, 1.82) is 0 Å². The molecule has 1 N–H and O–H groups in total. The number of unbranched alkanes of at least 4 members (excludes halogenated alkanes) is 2. The lowest BCUT2D eigenvalue weighted by Crippen LogP contribution is -2.47. The van der Waals surface area contributed by atoms with Crippen molar-refractivity contribution in [1.82, 2.24) is 5.32 Å². The Morgan fingerprint density at radius 1 is 1.33 bits per heavy atom. The third-order valence-corrected chi connectivity index (χ3v) is 2.85. The molecule has 90 valence electrons. The fourth-order valence-electron chi connectivity index (χ4n) is 1.96. The normalized spacial score (nSPS) is 26.8. The van der Waals surface area contributed by atoms with Crippen LogP contribution in [0.3, 0.4) is 0 Å². The Labute approximate surface area is 93.5 Å². The monoisotopic (exact) mass is 215 g/mol. The highest BCUT2D eigenvalue weighted by molar-refractivity contribution is 4.79. The average molecular weight is 215 g/mol. The van der Waals surface area contributed by atoms with Crippen LogP contribution in [0.2, 0.25) is 0 Å². The first kappa shape index (κ1) is 12.9. The van der Waals surface area contributed by atoms with E-state index in [0.717, 1.165) is 32.8 Å². The largest absolute Gasteiger partial charge is 0.379 e. The number of rotatable bonds is 7. The van der Waals surface area contributed by atoms with Crippen molar-refractivity contribution in [3.63, 3.8) is 0 Å². The maximum atomic E-state index is 5.86. The summed E-state index contributed by atoms with van der Waals surface area (Å²) in [5, 5.41) is 3.47. The SMILES string of the molecule is CCCCCOC1COCCC1NCC. The molecule has 1 aliphatic rings. The molecular formula is C12H25NO2. The number of hydrogen-bond acceptors (Lipinski definition) is 3. The molecule has 0 aromatic rings. The molecule has 1 fully saturated rings. The molecule has 1 aliphatic heterocycles. The summed E-state index contributed by atoms with van der Waals surface area (Å²) in [5.41, 5.74) is 0. The van der Waals surface area contributed by atoms with Crippen LogP contribution >= 0.6 is 0 Å². The van der Waals surface area contributed by atoms with Crippen LogP contribution in [0.25, 0.3) is 0 Å². The van der Waals surface area contributed by atoms with E-state index < -0.39 is 0 Å². The quantitative estimate of drug-likeness (QED) is 0.659. The van der Waals surface area contributed by atoms with E-state index in [2.05, 4.69) is 19.2 Å². The van der Waals surface area contributed by atoms with Gasteiger partial charge in [0.1, 0.15) is 0 Å². The molecule has 15 heavy (non-hydrogen) atoms. The van der Waals surface area contributed by atoms with Gasteiger partial charge in [-0.25, -0.2) is 0 Å². The Morgan fingerprint density at radius 3 is 2.93 bits per heavy atom. The fourth-order valence-corrected chi connectivity index (χ4v) is 1.96. The maximum Gasteiger partial charge on any atom is 0.0961 e. The van der Waals surface area contributed by atoms with E-state index in [1.807, 2.05) is 0 Å². The summed E-state index contributed by atoms with van der Waals surface area (Å²) in [5.74, 6) is 0. The van der Waals surface area contributed by atoms with Gasteiger partial charge in [-0.05, 0) is 19.4 Å². The van der Waals surface area contributed by atoms with Crippen molar-refractivity contribution in [3.8, 4) is 0 Å². The Bertz CT molecular complexity index is 151. The first-order chi connectivity index (χ1) is 7.38. The second-order valence-electron chi connectivity index (χ2n) is 4.14. The van der Waals surface area contributed by atoms with Gasteiger partial charge in [0.05, 0.1) is 12.7 Å². The predicted molar refractivity (Wildman–Crippen MR) is 62.2 cm³/mol. The van der Waals surface area contributed by atoms with Gasteiger partial charge in [-0.3, -0.25) is 0 Å². The van der Waals surface area contributed by atoms with Crippen LogP contribution in [-0.4, -0.2) is 38.5 Å². The lowest BCUT2D eigenvalue weighted by molar-refractivity contribution is -0.0692. The van der Waals surface area contributed by atoms with Gasteiger partial charge in [-0.2, -0.15) is 0 Å². The molecule has 0 amide bonds. The highest BCUT2D eigenvalue weighted by Gasteiger charge is 2.25. The van der Waals surface area contributed by atoms with Crippen LogP contribution in [0, 0.1) is 0 Å². The van der Waals surface area contributed by atoms with Crippen molar-refractivity contribution >= 4 is 0 Å². The van der Waals surface area contributed by atoms with Gasteiger partial charge in [0, 0.05) is 19.3 Å². The van der Waals surface area contributed by atoms with Crippen molar-refractivity contribution in [2.24, 2.45) is 0 Å². The molecule has 3 heteroatoms. The summed E-state index contributed by atoms with van der Waals surface area (Å²) in [6, 6.07) is 0.491. The van der Waals surface area contributed by atoms with Crippen LogP contribution in [0.15, 0.2) is 0 Å². The third-order valence-electron chi connectivity index (χ3n) is 2.85. The molecule has 2 atom stereocenters. The average Bonchev–Trinajstić information content (AvgIpc) is 2.27. The molecule has 3 nitrogen and oxygen atoms in total. The number of nitrogens with one attached hydrogen (secondary N) is 1. The highest BCUT2D eigenvalue weighted by Crippen LogP contribution is 2.12. The predicted octanol–water partition coefficient (Wildman–Crippen LogP) is 1.96. The molecule has 0 aromatic carbocycles. The molecule has 0 aliphatic carbocycles. The molecule has 0 saturated carbocycles. The zero-order valence-corrected chi connectivity index (χ0v) is 10.1. The summed E-state index contributed by atoms with van der Waals surface area (Å²) < 4.78 is 11.3. The second kappa shape index (κ2) is 8.08. The van der Waals surface area contributed by atoms with E-state index >= 15 is 0 Å². The molecule has 0 bridgehead atoms. The summed E-state index contributed by atoms with van der Waals surface area (Å²) in [4.78, 5) is 0. The molecule has 0 aromatic heterocycles. The molecule has 2 unspecified atom stereocenters. The summed E-state index contributed by atoms with van der Waals surface area (Å²) in [7, 11) is 0. The lowest BCUT2D eigenvalue weighted by atomic mass is 10.1. The summed E-state index contributed by atoms with van der Waals surface area (Å²) >= 11 is 0. The molecule has 1 saturated heterocycles. The van der Waals surface area contributed by atoms with Crippen molar-refractivity contribution in [3.05, 3.63) is 0 Å². The number of ether oxygens (including phenoxy) is 2. The minimum Gasteiger partial charge on any atom is -0.379 e. The van der Waals surface area contributed by atoms with Crippen LogP contribution in [0.4, 0.5) is 0 Å². The molecule has 0 radical (unpaired) electrons. The first-order valence-electron chi connectivity index (χ1n) is 6.31.